The minimum absolute atomic E-state index is 0.160. The molecule has 20 heavy (non-hydrogen) atoms. The van der Waals surface area contributed by atoms with E-state index in [9.17, 15) is 9.18 Å². The molecule has 0 aliphatic carbocycles. The third kappa shape index (κ3) is 3.25. The Balaban J connectivity index is 2.07. The summed E-state index contributed by atoms with van der Waals surface area (Å²) in [6, 6.07) is 1.19. The quantitative estimate of drug-likeness (QED) is 0.910. The van der Waals surface area contributed by atoms with E-state index in [0.717, 1.165) is 19.4 Å². The Morgan fingerprint density at radius 3 is 2.70 bits per heavy atom. The fourth-order valence-corrected chi connectivity index (χ4v) is 2.66. The van der Waals surface area contributed by atoms with Gasteiger partial charge in [-0.05, 0) is 38.9 Å². The van der Waals surface area contributed by atoms with E-state index in [0.29, 0.717) is 19.0 Å². The van der Waals surface area contributed by atoms with Crippen molar-refractivity contribution in [2.75, 3.05) is 38.6 Å². The zero-order valence-electron chi connectivity index (χ0n) is 11.8. The van der Waals surface area contributed by atoms with Gasteiger partial charge in [0.05, 0.1) is 0 Å². The van der Waals surface area contributed by atoms with Gasteiger partial charge in [-0.3, -0.25) is 0 Å². The molecule has 0 bridgehead atoms. The van der Waals surface area contributed by atoms with Gasteiger partial charge in [-0.2, -0.15) is 0 Å². The highest BCUT2D eigenvalue weighted by Gasteiger charge is 2.24. The van der Waals surface area contributed by atoms with Crippen LogP contribution >= 0.6 is 0 Å². The van der Waals surface area contributed by atoms with Gasteiger partial charge in [-0.1, -0.05) is 0 Å². The molecule has 1 fully saturated rings. The Labute approximate surface area is 118 Å². The van der Waals surface area contributed by atoms with Gasteiger partial charge in [0, 0.05) is 25.8 Å². The minimum atomic E-state index is -1.26. The Morgan fingerprint density at radius 2 is 2.15 bits per heavy atom. The second-order valence-corrected chi connectivity index (χ2v) is 5.49. The number of pyridine rings is 1. The first-order chi connectivity index (χ1) is 9.49. The van der Waals surface area contributed by atoms with Gasteiger partial charge in [-0.25, -0.2) is 14.2 Å². The van der Waals surface area contributed by atoms with Gasteiger partial charge in [-0.15, -0.1) is 0 Å². The molecule has 0 spiro atoms. The maximum absolute atomic E-state index is 14.1. The molecule has 5 nitrogen and oxygen atoms in total. The van der Waals surface area contributed by atoms with E-state index in [1.54, 1.807) is 0 Å². The summed E-state index contributed by atoms with van der Waals surface area (Å²) in [6.45, 7) is 2.45. The normalized spacial score (nSPS) is 16.7. The maximum atomic E-state index is 14.1. The molecule has 1 aromatic heterocycles. The molecular formula is C14H20FN3O2. The molecule has 1 saturated heterocycles. The van der Waals surface area contributed by atoms with Crippen LogP contribution in [0.5, 0.6) is 0 Å². The van der Waals surface area contributed by atoms with Gasteiger partial charge in [0.15, 0.2) is 11.6 Å². The van der Waals surface area contributed by atoms with E-state index >= 15 is 0 Å². The molecule has 0 unspecified atom stereocenters. The van der Waals surface area contributed by atoms with Crippen molar-refractivity contribution in [1.29, 1.82) is 0 Å². The molecule has 0 atom stereocenters. The fraction of sp³-hybridized carbons (Fsp3) is 0.571. The highest BCUT2D eigenvalue weighted by atomic mass is 19.1. The molecule has 1 aliphatic heterocycles. The molecule has 2 rings (SSSR count). The van der Waals surface area contributed by atoms with Gasteiger partial charge < -0.3 is 14.9 Å². The number of halogens is 1. The molecule has 1 aromatic rings. The van der Waals surface area contributed by atoms with Gasteiger partial charge in [0.25, 0.3) is 0 Å². The lowest BCUT2D eigenvalue weighted by Gasteiger charge is -2.34. The Hall–Kier alpha value is -1.69. The third-order valence-corrected chi connectivity index (χ3v) is 3.64. The van der Waals surface area contributed by atoms with E-state index in [2.05, 4.69) is 9.88 Å². The number of aromatic carboxylic acids is 1. The van der Waals surface area contributed by atoms with Crippen molar-refractivity contribution in [3.63, 3.8) is 0 Å². The summed E-state index contributed by atoms with van der Waals surface area (Å²) in [4.78, 5) is 18.9. The van der Waals surface area contributed by atoms with Crippen LogP contribution in [-0.4, -0.2) is 54.7 Å². The maximum Gasteiger partial charge on any atom is 0.338 e. The van der Waals surface area contributed by atoms with Gasteiger partial charge in [0.2, 0.25) is 0 Å². The first-order valence-electron chi connectivity index (χ1n) is 6.76. The van der Waals surface area contributed by atoms with E-state index in [-0.39, 0.29) is 11.4 Å². The van der Waals surface area contributed by atoms with Crippen molar-refractivity contribution in [2.45, 2.75) is 12.8 Å². The van der Waals surface area contributed by atoms with Crippen molar-refractivity contribution in [2.24, 2.45) is 5.92 Å². The molecule has 0 amide bonds. The van der Waals surface area contributed by atoms with Crippen LogP contribution in [0.3, 0.4) is 0 Å². The molecule has 0 radical (unpaired) electrons. The Kier molecular flexibility index (Phi) is 4.54. The molecular weight excluding hydrogens is 261 g/mol. The van der Waals surface area contributed by atoms with Crippen LogP contribution < -0.4 is 4.90 Å². The predicted molar refractivity (Wildman–Crippen MR) is 74.6 cm³/mol. The van der Waals surface area contributed by atoms with Crippen molar-refractivity contribution in [3.8, 4) is 0 Å². The lowest BCUT2D eigenvalue weighted by atomic mass is 9.96. The second-order valence-electron chi connectivity index (χ2n) is 5.49. The van der Waals surface area contributed by atoms with Crippen molar-refractivity contribution in [3.05, 3.63) is 23.6 Å². The topological polar surface area (TPSA) is 56.7 Å². The monoisotopic (exact) mass is 281 g/mol. The van der Waals surface area contributed by atoms with Crippen LogP contribution in [0.4, 0.5) is 10.2 Å². The molecule has 110 valence electrons. The van der Waals surface area contributed by atoms with Gasteiger partial charge >= 0.3 is 5.97 Å². The zero-order valence-corrected chi connectivity index (χ0v) is 11.8. The molecule has 0 aromatic carbocycles. The van der Waals surface area contributed by atoms with Crippen LogP contribution in [0, 0.1) is 11.7 Å². The SMILES string of the molecule is CN(C)CC1CCN(c2nccc(C(=O)O)c2F)CC1. The second kappa shape index (κ2) is 6.17. The van der Waals surface area contributed by atoms with E-state index < -0.39 is 11.8 Å². The summed E-state index contributed by atoms with van der Waals surface area (Å²) in [6.07, 6.45) is 3.29. The number of hydrogen-bond donors (Lipinski definition) is 1. The summed E-state index contributed by atoms with van der Waals surface area (Å²) in [5.41, 5.74) is -0.314. The number of nitrogens with zero attached hydrogens (tertiary/aromatic N) is 3. The van der Waals surface area contributed by atoms with Crippen LogP contribution in [0.15, 0.2) is 12.3 Å². The van der Waals surface area contributed by atoms with Crippen LogP contribution in [0.2, 0.25) is 0 Å². The summed E-state index contributed by atoms with van der Waals surface area (Å²) < 4.78 is 14.1. The summed E-state index contributed by atoms with van der Waals surface area (Å²) in [5, 5.41) is 8.94. The summed E-state index contributed by atoms with van der Waals surface area (Å²) in [5.74, 6) is -1.22. The van der Waals surface area contributed by atoms with Crippen LogP contribution in [0.25, 0.3) is 0 Å². The number of aromatic nitrogens is 1. The lowest BCUT2D eigenvalue weighted by molar-refractivity contribution is 0.0691. The number of hydrogen-bond acceptors (Lipinski definition) is 4. The van der Waals surface area contributed by atoms with Crippen molar-refractivity contribution in [1.82, 2.24) is 9.88 Å². The largest absolute Gasteiger partial charge is 0.478 e. The van der Waals surface area contributed by atoms with E-state index in [1.807, 2.05) is 19.0 Å². The van der Waals surface area contributed by atoms with Crippen molar-refractivity contribution >= 4 is 11.8 Å². The first kappa shape index (κ1) is 14.7. The number of carbonyl (C=O) groups is 1. The molecule has 2 heterocycles. The average Bonchev–Trinajstić information content (AvgIpc) is 2.39. The summed E-state index contributed by atoms with van der Waals surface area (Å²) in [7, 11) is 4.09. The highest BCUT2D eigenvalue weighted by Crippen LogP contribution is 2.25. The zero-order chi connectivity index (χ0) is 14.7. The van der Waals surface area contributed by atoms with E-state index in [4.69, 9.17) is 5.11 Å². The number of piperidine rings is 1. The van der Waals surface area contributed by atoms with Gasteiger partial charge in [0.1, 0.15) is 5.56 Å². The third-order valence-electron chi connectivity index (χ3n) is 3.64. The van der Waals surface area contributed by atoms with Crippen LogP contribution in [-0.2, 0) is 0 Å². The average molecular weight is 281 g/mol. The van der Waals surface area contributed by atoms with Crippen LogP contribution in [0.1, 0.15) is 23.2 Å². The minimum Gasteiger partial charge on any atom is -0.478 e. The summed E-state index contributed by atoms with van der Waals surface area (Å²) >= 11 is 0. The highest BCUT2D eigenvalue weighted by molar-refractivity contribution is 5.88. The number of anilines is 1. The number of rotatable bonds is 4. The Morgan fingerprint density at radius 1 is 1.50 bits per heavy atom. The smallest absolute Gasteiger partial charge is 0.338 e. The number of carboxylic acid groups (broad SMARTS) is 1. The standard InChI is InChI=1S/C14H20FN3O2/c1-17(2)9-10-4-7-18(8-5-10)13-12(15)11(14(19)20)3-6-16-13/h3,6,10H,4-5,7-9H2,1-2H3,(H,19,20). The van der Waals surface area contributed by atoms with E-state index in [1.165, 1.54) is 12.3 Å². The molecule has 0 saturated carbocycles. The lowest BCUT2D eigenvalue weighted by Crippen LogP contribution is -2.38. The first-order valence-corrected chi connectivity index (χ1v) is 6.76. The molecule has 1 aliphatic rings. The predicted octanol–water partition coefficient (Wildman–Crippen LogP) is 1.70. The number of carboxylic acids is 1. The Bertz CT molecular complexity index is 485. The fourth-order valence-electron chi connectivity index (χ4n) is 2.66. The molecule has 1 N–H and O–H groups in total. The van der Waals surface area contributed by atoms with Crippen molar-refractivity contribution < 1.29 is 14.3 Å². The molecule has 6 heteroatoms.